The number of thiophene rings is 1. The Hall–Kier alpha value is -2.13. The Kier molecular flexibility index (Phi) is 6.33. The van der Waals surface area contributed by atoms with Crippen LogP contribution in [0, 0.1) is 0 Å². The molecule has 148 valence electrons. The lowest BCUT2D eigenvalue weighted by Crippen LogP contribution is -2.59. The number of nitrogens with one attached hydrogen (secondary N) is 1. The summed E-state index contributed by atoms with van der Waals surface area (Å²) in [6.45, 7) is 4.82. The van der Waals surface area contributed by atoms with Gasteiger partial charge in [-0.15, -0.1) is 0 Å². The van der Waals surface area contributed by atoms with Gasteiger partial charge in [0.2, 0.25) is 0 Å². The zero-order valence-electron chi connectivity index (χ0n) is 15.5. The fourth-order valence-corrected chi connectivity index (χ4v) is 4.25. The van der Waals surface area contributed by atoms with Gasteiger partial charge in [0.15, 0.2) is 0 Å². The number of carbonyl (C=O) groups excluding carboxylic acids is 2. The summed E-state index contributed by atoms with van der Waals surface area (Å²) in [7, 11) is 0. The molecule has 2 aliphatic rings. The van der Waals surface area contributed by atoms with Crippen LogP contribution >= 0.6 is 11.3 Å². The van der Waals surface area contributed by atoms with Crippen LogP contribution in [0.15, 0.2) is 16.8 Å². The molecular weight excluding hydrogens is 368 g/mol. The molecule has 3 rings (SSSR count). The summed E-state index contributed by atoms with van der Waals surface area (Å²) in [5.41, 5.74) is 0.709. The van der Waals surface area contributed by atoms with Crippen molar-refractivity contribution in [3.8, 4) is 0 Å². The highest BCUT2D eigenvalue weighted by Crippen LogP contribution is 2.25. The predicted octanol–water partition coefficient (Wildman–Crippen LogP) is 1.15. The van der Waals surface area contributed by atoms with Crippen molar-refractivity contribution in [2.45, 2.75) is 31.8 Å². The molecule has 3 amide bonds. The largest absolute Gasteiger partial charge is 0.480 e. The highest BCUT2D eigenvalue weighted by molar-refractivity contribution is 7.08. The maximum Gasteiger partial charge on any atom is 0.317 e. The fraction of sp³-hybridized carbons (Fsp3) is 0.611. The molecule has 1 aliphatic heterocycles. The fourth-order valence-electron chi connectivity index (χ4n) is 3.62. The Morgan fingerprint density at radius 1 is 1.22 bits per heavy atom. The molecular formula is C18H26N4O4S. The van der Waals surface area contributed by atoms with Crippen LogP contribution in [0.2, 0.25) is 0 Å². The van der Waals surface area contributed by atoms with Gasteiger partial charge < -0.3 is 20.2 Å². The van der Waals surface area contributed by atoms with Gasteiger partial charge in [-0.1, -0.05) is 6.92 Å². The average Bonchev–Trinajstić information content (AvgIpc) is 3.16. The van der Waals surface area contributed by atoms with Crippen LogP contribution in [0.4, 0.5) is 4.79 Å². The maximum atomic E-state index is 12.4. The van der Waals surface area contributed by atoms with Gasteiger partial charge in [0.05, 0.1) is 12.1 Å². The summed E-state index contributed by atoms with van der Waals surface area (Å²) in [6, 6.07) is 2.04. The molecule has 27 heavy (non-hydrogen) atoms. The van der Waals surface area contributed by atoms with E-state index in [-0.39, 0.29) is 30.6 Å². The SMILES string of the molecule is CCN(CC(=O)O)C1CC(NC(=O)N2CCN(C(=O)c3ccsc3)CC2)C1. The Bertz CT molecular complexity index is 667. The van der Waals surface area contributed by atoms with Crippen molar-refractivity contribution in [2.75, 3.05) is 39.3 Å². The zero-order valence-corrected chi connectivity index (χ0v) is 16.3. The summed E-state index contributed by atoms with van der Waals surface area (Å²) in [6.07, 6.45) is 1.56. The van der Waals surface area contributed by atoms with Crippen LogP contribution in [-0.4, -0.2) is 89.1 Å². The van der Waals surface area contributed by atoms with Crippen LogP contribution in [0.3, 0.4) is 0 Å². The van der Waals surface area contributed by atoms with Gasteiger partial charge in [-0.05, 0) is 30.8 Å². The summed E-state index contributed by atoms with van der Waals surface area (Å²) in [5, 5.41) is 15.7. The first-order valence-corrected chi connectivity index (χ1v) is 10.2. The third-order valence-corrected chi connectivity index (χ3v) is 6.01. The van der Waals surface area contributed by atoms with Crippen LogP contribution in [-0.2, 0) is 4.79 Å². The first-order valence-electron chi connectivity index (χ1n) is 9.30. The second kappa shape index (κ2) is 8.71. The normalized spacial score (nSPS) is 22.4. The van der Waals surface area contributed by atoms with Crippen LogP contribution in [0.5, 0.6) is 0 Å². The first-order chi connectivity index (χ1) is 13.0. The highest BCUT2D eigenvalue weighted by atomic mass is 32.1. The molecule has 1 aromatic heterocycles. The summed E-state index contributed by atoms with van der Waals surface area (Å²) in [4.78, 5) is 41.1. The molecule has 9 heteroatoms. The van der Waals surface area contributed by atoms with E-state index in [0.29, 0.717) is 38.3 Å². The van der Waals surface area contributed by atoms with Crippen molar-refractivity contribution in [2.24, 2.45) is 0 Å². The van der Waals surface area contributed by atoms with E-state index in [1.807, 2.05) is 28.7 Å². The van der Waals surface area contributed by atoms with E-state index in [0.717, 1.165) is 12.8 Å². The second-order valence-corrected chi connectivity index (χ2v) is 7.80. The molecule has 0 atom stereocenters. The zero-order chi connectivity index (χ0) is 19.4. The molecule has 2 heterocycles. The van der Waals surface area contributed by atoms with Crippen molar-refractivity contribution < 1.29 is 19.5 Å². The second-order valence-electron chi connectivity index (χ2n) is 7.02. The number of hydrogen-bond donors (Lipinski definition) is 2. The van der Waals surface area contributed by atoms with Crippen molar-refractivity contribution in [3.63, 3.8) is 0 Å². The molecule has 0 unspecified atom stereocenters. The molecule has 1 aromatic rings. The van der Waals surface area contributed by atoms with E-state index in [2.05, 4.69) is 5.32 Å². The number of carboxylic acids is 1. The van der Waals surface area contributed by atoms with Crippen LogP contribution in [0.25, 0.3) is 0 Å². The maximum absolute atomic E-state index is 12.4. The summed E-state index contributed by atoms with van der Waals surface area (Å²) in [5.74, 6) is -0.796. The van der Waals surface area contributed by atoms with E-state index in [1.165, 1.54) is 11.3 Å². The number of urea groups is 1. The van der Waals surface area contributed by atoms with Gasteiger partial charge in [0.1, 0.15) is 0 Å². The van der Waals surface area contributed by atoms with Crippen LogP contribution in [0.1, 0.15) is 30.1 Å². The predicted molar refractivity (Wildman–Crippen MR) is 102 cm³/mol. The number of carboxylic acid groups (broad SMARTS) is 1. The lowest BCUT2D eigenvalue weighted by molar-refractivity contribution is -0.139. The lowest BCUT2D eigenvalue weighted by Gasteiger charge is -2.43. The van der Waals surface area contributed by atoms with Crippen molar-refractivity contribution >= 4 is 29.2 Å². The Balaban J connectivity index is 1.39. The Morgan fingerprint density at radius 2 is 1.89 bits per heavy atom. The number of aliphatic carboxylic acids is 1. The van der Waals surface area contributed by atoms with Crippen molar-refractivity contribution in [3.05, 3.63) is 22.4 Å². The van der Waals surface area contributed by atoms with E-state index < -0.39 is 5.97 Å². The molecule has 8 nitrogen and oxygen atoms in total. The number of amides is 3. The average molecular weight is 394 g/mol. The van der Waals surface area contributed by atoms with Gasteiger partial charge in [0.25, 0.3) is 5.91 Å². The van der Waals surface area contributed by atoms with E-state index in [4.69, 9.17) is 5.11 Å². The molecule has 0 spiro atoms. The van der Waals surface area contributed by atoms with Crippen LogP contribution < -0.4 is 5.32 Å². The lowest BCUT2D eigenvalue weighted by atomic mass is 9.85. The molecule has 1 saturated heterocycles. The third-order valence-electron chi connectivity index (χ3n) is 5.32. The monoisotopic (exact) mass is 394 g/mol. The standard InChI is InChI=1S/C18H26N4O4S/c1-2-20(11-16(23)24)15-9-14(10-15)19-18(26)22-6-4-21(5-7-22)17(25)13-3-8-27-12-13/h3,8,12,14-15H,2,4-7,9-11H2,1H3,(H,19,26)(H,23,24). The minimum absolute atomic E-state index is 0.0243. The smallest absolute Gasteiger partial charge is 0.317 e. The van der Waals surface area contributed by atoms with E-state index in [1.54, 1.807) is 9.80 Å². The molecule has 1 aliphatic carbocycles. The number of hydrogen-bond acceptors (Lipinski definition) is 5. The minimum Gasteiger partial charge on any atom is -0.480 e. The first kappa shape index (κ1) is 19.6. The number of nitrogens with zero attached hydrogens (tertiary/aromatic N) is 3. The van der Waals surface area contributed by atoms with Crippen molar-refractivity contribution in [1.82, 2.24) is 20.0 Å². The van der Waals surface area contributed by atoms with Gasteiger partial charge in [0, 0.05) is 43.6 Å². The van der Waals surface area contributed by atoms with Gasteiger partial charge in [-0.25, -0.2) is 4.79 Å². The molecule has 2 N–H and O–H groups in total. The van der Waals surface area contributed by atoms with E-state index >= 15 is 0 Å². The molecule has 0 aromatic carbocycles. The number of rotatable bonds is 6. The third kappa shape index (κ3) is 4.78. The highest BCUT2D eigenvalue weighted by Gasteiger charge is 2.36. The molecule has 0 bridgehead atoms. The van der Waals surface area contributed by atoms with Crippen molar-refractivity contribution in [1.29, 1.82) is 0 Å². The number of piperazine rings is 1. The molecule has 0 radical (unpaired) electrons. The molecule has 2 fully saturated rings. The summed E-state index contributed by atoms with van der Waals surface area (Å²) >= 11 is 1.50. The van der Waals surface area contributed by atoms with Gasteiger partial charge >= 0.3 is 12.0 Å². The summed E-state index contributed by atoms with van der Waals surface area (Å²) < 4.78 is 0. The Morgan fingerprint density at radius 3 is 2.44 bits per heavy atom. The topological polar surface area (TPSA) is 93.2 Å². The number of carbonyl (C=O) groups is 3. The molecule has 1 saturated carbocycles. The Labute approximate surface area is 162 Å². The van der Waals surface area contributed by atoms with Gasteiger partial charge in [-0.3, -0.25) is 14.5 Å². The number of likely N-dealkylation sites (N-methyl/N-ethyl adjacent to an activating group) is 1. The quantitative estimate of drug-likeness (QED) is 0.755. The minimum atomic E-state index is -0.820. The van der Waals surface area contributed by atoms with E-state index in [9.17, 15) is 14.4 Å². The van der Waals surface area contributed by atoms with Gasteiger partial charge in [-0.2, -0.15) is 11.3 Å².